The van der Waals surface area contributed by atoms with Crippen LogP contribution < -0.4 is 4.74 Å². The van der Waals surface area contributed by atoms with E-state index in [0.29, 0.717) is 17.1 Å². The van der Waals surface area contributed by atoms with Gasteiger partial charge in [-0.05, 0) is 30.3 Å². The van der Waals surface area contributed by atoms with Crippen molar-refractivity contribution >= 4 is 28.0 Å². The van der Waals surface area contributed by atoms with Gasteiger partial charge < -0.3 is 9.84 Å². The van der Waals surface area contributed by atoms with Crippen LogP contribution in [-0.2, 0) is 4.79 Å². The van der Waals surface area contributed by atoms with Gasteiger partial charge in [-0.1, -0.05) is 28.1 Å². The maximum atomic E-state index is 13.1. The number of hydrogen-bond donors (Lipinski definition) is 1. The Balaban J connectivity index is 2.34. The van der Waals surface area contributed by atoms with Gasteiger partial charge in [-0.15, -0.1) is 0 Å². The Morgan fingerprint density at radius 1 is 1.25 bits per heavy atom. The van der Waals surface area contributed by atoms with Crippen molar-refractivity contribution in [3.63, 3.8) is 0 Å². The van der Waals surface area contributed by atoms with Crippen molar-refractivity contribution in [2.24, 2.45) is 0 Å². The zero-order valence-electron chi connectivity index (χ0n) is 10.2. The summed E-state index contributed by atoms with van der Waals surface area (Å²) in [5, 5.41) is 8.66. The van der Waals surface area contributed by atoms with Gasteiger partial charge in [0.2, 0.25) is 0 Å². The molecule has 0 aromatic heterocycles. The third kappa shape index (κ3) is 3.93. The molecule has 0 saturated heterocycles. The van der Waals surface area contributed by atoms with E-state index in [0.717, 1.165) is 10.5 Å². The Kier molecular flexibility index (Phi) is 4.53. The quantitative estimate of drug-likeness (QED) is 0.837. The lowest BCUT2D eigenvalue weighted by atomic mass is 10.2. The van der Waals surface area contributed by atoms with Crippen molar-refractivity contribution in [1.29, 1.82) is 0 Å². The predicted octanol–water partition coefficient (Wildman–Crippen LogP) is 4.48. The number of carboxylic acids is 1. The molecule has 0 heterocycles. The molecular weight excluding hydrogens is 327 g/mol. The van der Waals surface area contributed by atoms with Crippen LogP contribution in [0.1, 0.15) is 5.56 Å². The molecule has 5 heteroatoms. The highest BCUT2D eigenvalue weighted by atomic mass is 79.9. The van der Waals surface area contributed by atoms with Crippen molar-refractivity contribution in [2.45, 2.75) is 0 Å². The molecule has 0 radical (unpaired) electrons. The van der Waals surface area contributed by atoms with Crippen LogP contribution in [0.5, 0.6) is 11.5 Å². The molecule has 0 unspecified atom stereocenters. The van der Waals surface area contributed by atoms with Crippen LogP contribution >= 0.6 is 15.9 Å². The van der Waals surface area contributed by atoms with E-state index in [-0.39, 0.29) is 0 Å². The molecule has 0 bridgehead atoms. The van der Waals surface area contributed by atoms with Gasteiger partial charge in [-0.2, -0.15) is 0 Å². The summed E-state index contributed by atoms with van der Waals surface area (Å²) in [5.41, 5.74) is 0.583. The molecular formula is C15H10BrFO3. The highest BCUT2D eigenvalue weighted by Crippen LogP contribution is 2.29. The second kappa shape index (κ2) is 6.34. The fourth-order valence-corrected chi connectivity index (χ4v) is 1.89. The molecule has 0 aliphatic rings. The molecule has 0 spiro atoms. The molecule has 102 valence electrons. The lowest BCUT2D eigenvalue weighted by Gasteiger charge is -2.09. The van der Waals surface area contributed by atoms with Crippen molar-refractivity contribution in [3.8, 4) is 11.5 Å². The molecule has 20 heavy (non-hydrogen) atoms. The molecule has 1 N–H and O–H groups in total. The molecule has 0 aliphatic heterocycles. The first-order valence-electron chi connectivity index (χ1n) is 5.68. The summed E-state index contributed by atoms with van der Waals surface area (Å²) in [4.78, 5) is 10.6. The highest BCUT2D eigenvalue weighted by molar-refractivity contribution is 9.10. The fourth-order valence-electron chi connectivity index (χ4n) is 1.55. The summed E-state index contributed by atoms with van der Waals surface area (Å²) in [6, 6.07) is 10.9. The molecule has 0 aliphatic carbocycles. The van der Waals surface area contributed by atoms with Gasteiger partial charge in [0.1, 0.15) is 17.3 Å². The summed E-state index contributed by atoms with van der Waals surface area (Å²) in [6.07, 6.45) is 2.44. The number of aliphatic carboxylic acids is 1. The molecule has 2 aromatic carbocycles. The van der Waals surface area contributed by atoms with E-state index in [2.05, 4.69) is 15.9 Å². The van der Waals surface area contributed by atoms with Gasteiger partial charge in [0, 0.05) is 22.2 Å². The van der Waals surface area contributed by atoms with E-state index in [4.69, 9.17) is 9.84 Å². The Hall–Kier alpha value is -2.14. The molecule has 2 aromatic rings. The zero-order chi connectivity index (χ0) is 14.5. The van der Waals surface area contributed by atoms with E-state index in [1.807, 2.05) is 0 Å². The van der Waals surface area contributed by atoms with Crippen LogP contribution in [0, 0.1) is 5.82 Å². The number of benzene rings is 2. The largest absolute Gasteiger partial charge is 0.478 e. The topological polar surface area (TPSA) is 46.5 Å². The Morgan fingerprint density at radius 3 is 2.75 bits per heavy atom. The maximum Gasteiger partial charge on any atom is 0.328 e. The second-order valence-electron chi connectivity index (χ2n) is 3.91. The van der Waals surface area contributed by atoms with Crippen LogP contribution in [-0.4, -0.2) is 11.1 Å². The van der Waals surface area contributed by atoms with Crippen LogP contribution in [0.2, 0.25) is 0 Å². The SMILES string of the molecule is O=C(O)/C=C/c1ccc(Br)cc1Oc1cccc(F)c1. The van der Waals surface area contributed by atoms with Gasteiger partial charge in [0.15, 0.2) is 0 Å². The summed E-state index contributed by atoms with van der Waals surface area (Å²) in [5.74, 6) is -0.680. The van der Waals surface area contributed by atoms with Gasteiger partial charge in [-0.3, -0.25) is 0 Å². The first kappa shape index (κ1) is 14.3. The number of ether oxygens (including phenoxy) is 1. The smallest absolute Gasteiger partial charge is 0.328 e. The van der Waals surface area contributed by atoms with Gasteiger partial charge in [-0.25, -0.2) is 9.18 Å². The van der Waals surface area contributed by atoms with Gasteiger partial charge >= 0.3 is 5.97 Å². The minimum atomic E-state index is -1.05. The second-order valence-corrected chi connectivity index (χ2v) is 4.83. The van der Waals surface area contributed by atoms with E-state index in [9.17, 15) is 9.18 Å². The van der Waals surface area contributed by atoms with E-state index in [1.54, 1.807) is 24.3 Å². The standard InChI is InChI=1S/C15H10BrFO3/c16-11-6-4-10(5-7-15(18)19)14(8-11)20-13-3-1-2-12(17)9-13/h1-9H,(H,18,19)/b7-5+. The lowest BCUT2D eigenvalue weighted by Crippen LogP contribution is -1.90. The van der Waals surface area contributed by atoms with Crippen molar-refractivity contribution in [3.05, 3.63) is 64.4 Å². The Morgan fingerprint density at radius 2 is 2.05 bits per heavy atom. The summed E-state index contributed by atoms with van der Waals surface area (Å²) in [6.45, 7) is 0. The minimum Gasteiger partial charge on any atom is -0.478 e. The lowest BCUT2D eigenvalue weighted by molar-refractivity contribution is -0.131. The zero-order valence-corrected chi connectivity index (χ0v) is 11.8. The monoisotopic (exact) mass is 336 g/mol. The first-order chi connectivity index (χ1) is 9.54. The average molecular weight is 337 g/mol. The van der Waals surface area contributed by atoms with Gasteiger partial charge in [0.05, 0.1) is 0 Å². The van der Waals surface area contributed by atoms with Crippen molar-refractivity contribution < 1.29 is 19.0 Å². The normalized spacial score (nSPS) is 10.7. The molecule has 0 atom stereocenters. The van der Waals surface area contributed by atoms with Crippen LogP contribution in [0.15, 0.2) is 53.0 Å². The summed E-state index contributed by atoms with van der Waals surface area (Å²) < 4.78 is 19.5. The highest BCUT2D eigenvalue weighted by Gasteiger charge is 2.05. The van der Waals surface area contributed by atoms with Crippen LogP contribution in [0.25, 0.3) is 6.08 Å². The Bertz CT molecular complexity index is 668. The number of hydrogen-bond acceptors (Lipinski definition) is 2. The van der Waals surface area contributed by atoms with Crippen LogP contribution in [0.3, 0.4) is 0 Å². The summed E-state index contributed by atoms with van der Waals surface area (Å²) in [7, 11) is 0. The van der Waals surface area contributed by atoms with E-state index < -0.39 is 11.8 Å². The maximum absolute atomic E-state index is 13.1. The first-order valence-corrected chi connectivity index (χ1v) is 6.48. The Labute approximate surface area is 123 Å². The third-order valence-electron chi connectivity index (χ3n) is 2.40. The predicted molar refractivity (Wildman–Crippen MR) is 77.3 cm³/mol. The number of rotatable bonds is 4. The number of carbonyl (C=O) groups is 1. The number of carboxylic acid groups (broad SMARTS) is 1. The molecule has 0 fully saturated rings. The summed E-state index contributed by atoms with van der Waals surface area (Å²) >= 11 is 3.31. The minimum absolute atomic E-state index is 0.341. The van der Waals surface area contributed by atoms with Crippen LogP contribution in [0.4, 0.5) is 4.39 Å². The molecule has 2 rings (SSSR count). The fraction of sp³-hybridized carbons (Fsp3) is 0. The third-order valence-corrected chi connectivity index (χ3v) is 2.90. The number of halogens is 2. The molecule has 0 amide bonds. The molecule has 3 nitrogen and oxygen atoms in total. The molecule has 0 saturated carbocycles. The van der Waals surface area contributed by atoms with E-state index in [1.165, 1.54) is 24.3 Å². The van der Waals surface area contributed by atoms with E-state index >= 15 is 0 Å². The van der Waals surface area contributed by atoms with Crippen molar-refractivity contribution in [2.75, 3.05) is 0 Å². The van der Waals surface area contributed by atoms with Gasteiger partial charge in [0.25, 0.3) is 0 Å². The van der Waals surface area contributed by atoms with Crippen molar-refractivity contribution in [1.82, 2.24) is 0 Å². The average Bonchev–Trinajstić information content (AvgIpc) is 2.37.